The van der Waals surface area contributed by atoms with E-state index in [9.17, 15) is 4.39 Å². The average Bonchev–Trinajstić information content (AvgIpc) is 3.19. The van der Waals surface area contributed by atoms with Crippen LogP contribution in [0.5, 0.6) is 0 Å². The zero-order chi connectivity index (χ0) is 20.5. The lowest BCUT2D eigenvalue weighted by Gasteiger charge is -2.13. The van der Waals surface area contributed by atoms with Gasteiger partial charge in [0.1, 0.15) is 5.82 Å². The van der Waals surface area contributed by atoms with Crippen LogP contribution in [0.1, 0.15) is 18.7 Å². The molecule has 4 aromatic rings. The Labute approximate surface area is 167 Å². The quantitative estimate of drug-likeness (QED) is 0.368. The molecule has 29 heavy (non-hydrogen) atoms. The van der Waals surface area contributed by atoms with Crippen LogP contribution < -0.4 is 11.1 Å². The fraction of sp³-hybridized carbons (Fsp3) is 0.136. The summed E-state index contributed by atoms with van der Waals surface area (Å²) in [5.74, 6) is 0.137. The highest BCUT2D eigenvalue weighted by molar-refractivity contribution is 5.98. The van der Waals surface area contributed by atoms with Gasteiger partial charge in [-0.2, -0.15) is 9.78 Å². The monoisotopic (exact) mass is 386 g/mol. The zero-order valence-electron chi connectivity index (χ0n) is 16.0. The van der Waals surface area contributed by atoms with Gasteiger partial charge < -0.3 is 11.1 Å². The van der Waals surface area contributed by atoms with Gasteiger partial charge in [0.2, 0.25) is 0 Å². The normalized spacial score (nSPS) is 11.9. The molecule has 4 rings (SSSR count). The van der Waals surface area contributed by atoms with Crippen molar-refractivity contribution in [2.75, 3.05) is 11.1 Å². The molecule has 2 aromatic heterocycles. The SMILES string of the molecule is [C-]#[N+][C@H](C)n1cc(Nc2cc3cc(-c4ccccc4C)c(F)c(N)c3cn2)cn1. The molecule has 0 radical (unpaired) electrons. The fourth-order valence-corrected chi connectivity index (χ4v) is 3.25. The van der Waals surface area contributed by atoms with Gasteiger partial charge in [0.05, 0.1) is 23.8 Å². The fourth-order valence-electron chi connectivity index (χ4n) is 3.25. The molecule has 0 aliphatic heterocycles. The van der Waals surface area contributed by atoms with Gasteiger partial charge in [-0.05, 0) is 35.6 Å². The van der Waals surface area contributed by atoms with E-state index in [1.165, 1.54) is 0 Å². The zero-order valence-corrected chi connectivity index (χ0v) is 16.0. The number of nitrogens with one attached hydrogen (secondary N) is 1. The lowest BCUT2D eigenvalue weighted by atomic mass is 9.96. The van der Waals surface area contributed by atoms with Crippen molar-refractivity contribution < 1.29 is 4.39 Å². The van der Waals surface area contributed by atoms with E-state index in [1.54, 1.807) is 36.3 Å². The third-order valence-electron chi connectivity index (χ3n) is 4.88. The molecule has 0 spiro atoms. The number of aromatic nitrogens is 3. The Morgan fingerprint density at radius 3 is 2.76 bits per heavy atom. The van der Waals surface area contributed by atoms with Gasteiger partial charge in [0, 0.05) is 24.1 Å². The van der Waals surface area contributed by atoms with Crippen LogP contribution in [0.25, 0.3) is 26.7 Å². The molecule has 2 heterocycles. The van der Waals surface area contributed by atoms with E-state index >= 15 is 0 Å². The molecule has 0 amide bonds. The summed E-state index contributed by atoms with van der Waals surface area (Å²) < 4.78 is 16.5. The predicted octanol–water partition coefficient (Wildman–Crippen LogP) is 5.31. The molecule has 0 saturated heterocycles. The Balaban J connectivity index is 1.75. The van der Waals surface area contributed by atoms with Gasteiger partial charge in [-0.3, -0.25) is 4.85 Å². The predicted molar refractivity (Wildman–Crippen MR) is 113 cm³/mol. The van der Waals surface area contributed by atoms with Crippen molar-refractivity contribution in [1.29, 1.82) is 0 Å². The van der Waals surface area contributed by atoms with Crippen LogP contribution in [0.3, 0.4) is 0 Å². The number of benzene rings is 2. The van der Waals surface area contributed by atoms with Crippen molar-refractivity contribution in [3.05, 3.63) is 77.8 Å². The Kier molecular flexibility index (Phi) is 4.61. The van der Waals surface area contributed by atoms with Crippen molar-refractivity contribution >= 4 is 28.0 Å². The first-order valence-electron chi connectivity index (χ1n) is 9.09. The van der Waals surface area contributed by atoms with Gasteiger partial charge in [-0.25, -0.2) is 15.9 Å². The van der Waals surface area contributed by atoms with E-state index < -0.39 is 5.82 Å². The Hall–Kier alpha value is -3.92. The third-order valence-corrected chi connectivity index (χ3v) is 4.88. The van der Waals surface area contributed by atoms with Crippen LogP contribution in [0.2, 0.25) is 0 Å². The summed E-state index contributed by atoms with van der Waals surface area (Å²) in [5.41, 5.74) is 9.11. The molecule has 0 fully saturated rings. The van der Waals surface area contributed by atoms with Crippen molar-refractivity contribution in [1.82, 2.24) is 14.8 Å². The van der Waals surface area contributed by atoms with Gasteiger partial charge >= 0.3 is 6.17 Å². The lowest BCUT2D eigenvalue weighted by Crippen LogP contribution is -2.00. The minimum atomic E-state index is -0.441. The highest BCUT2D eigenvalue weighted by Crippen LogP contribution is 2.35. The summed E-state index contributed by atoms with van der Waals surface area (Å²) in [7, 11) is 0. The molecule has 0 aliphatic rings. The number of nitrogens with zero attached hydrogens (tertiary/aromatic N) is 4. The number of halogens is 1. The second-order valence-corrected chi connectivity index (χ2v) is 6.85. The van der Waals surface area contributed by atoms with Crippen LogP contribution in [-0.4, -0.2) is 14.8 Å². The van der Waals surface area contributed by atoms with Crippen molar-refractivity contribution in [2.45, 2.75) is 20.0 Å². The van der Waals surface area contributed by atoms with E-state index in [-0.39, 0.29) is 11.9 Å². The Morgan fingerprint density at radius 2 is 2.00 bits per heavy atom. The number of pyridine rings is 1. The molecule has 0 unspecified atom stereocenters. The first-order valence-corrected chi connectivity index (χ1v) is 9.09. The largest absolute Gasteiger partial charge is 0.396 e. The minimum Gasteiger partial charge on any atom is -0.396 e. The second-order valence-electron chi connectivity index (χ2n) is 6.85. The highest BCUT2D eigenvalue weighted by Gasteiger charge is 2.15. The highest BCUT2D eigenvalue weighted by atomic mass is 19.1. The molecule has 3 N–H and O–H groups in total. The molecule has 1 atom stereocenters. The third kappa shape index (κ3) is 3.36. The van der Waals surface area contributed by atoms with E-state index in [1.807, 2.05) is 37.3 Å². The molecule has 6 nitrogen and oxygen atoms in total. The summed E-state index contributed by atoms with van der Waals surface area (Å²) in [6.45, 7) is 10.8. The number of fused-ring (bicyclic) bond motifs is 1. The van der Waals surface area contributed by atoms with Gasteiger partial charge in [-0.1, -0.05) is 24.3 Å². The molecule has 0 aliphatic carbocycles. The van der Waals surface area contributed by atoms with Crippen LogP contribution in [0.15, 0.2) is 55.0 Å². The number of nitrogens with two attached hydrogens (primary N) is 1. The van der Waals surface area contributed by atoms with Crippen LogP contribution in [0, 0.1) is 19.3 Å². The van der Waals surface area contributed by atoms with E-state index in [2.05, 4.69) is 20.2 Å². The van der Waals surface area contributed by atoms with Crippen molar-refractivity contribution in [2.24, 2.45) is 0 Å². The van der Waals surface area contributed by atoms with Crippen molar-refractivity contribution in [3.8, 4) is 11.1 Å². The summed E-state index contributed by atoms with van der Waals surface area (Å²) in [4.78, 5) is 7.78. The number of rotatable bonds is 4. The minimum absolute atomic E-state index is 0.0819. The van der Waals surface area contributed by atoms with Gasteiger partial charge in [-0.15, -0.1) is 0 Å². The van der Waals surface area contributed by atoms with E-state index in [0.717, 1.165) is 16.5 Å². The standard InChI is InChI=1S/C22H19FN6/c1-13-6-4-5-7-17(13)18-8-15-9-20(26-11-19(15)22(24)21(18)23)28-16-10-27-29(12-16)14(2)25-3/h4-12,14H,24H2,1-2H3,(H,26,28)/t14-/m0/s1. The lowest BCUT2D eigenvalue weighted by molar-refractivity contribution is 0.577. The van der Waals surface area contributed by atoms with Gasteiger partial charge in [0.25, 0.3) is 0 Å². The summed E-state index contributed by atoms with van der Waals surface area (Å²) >= 11 is 0. The first-order chi connectivity index (χ1) is 14.0. The maximum Gasteiger partial charge on any atom is 0.313 e. The van der Waals surface area contributed by atoms with Crippen LogP contribution in [0.4, 0.5) is 21.6 Å². The van der Waals surface area contributed by atoms with E-state index in [0.29, 0.717) is 22.5 Å². The van der Waals surface area contributed by atoms with Crippen LogP contribution >= 0.6 is 0 Å². The number of nitrogen functional groups attached to an aromatic ring is 1. The summed E-state index contributed by atoms with van der Waals surface area (Å²) in [6, 6.07) is 11.2. The molecule has 2 aromatic carbocycles. The maximum absolute atomic E-state index is 15.0. The van der Waals surface area contributed by atoms with E-state index in [4.69, 9.17) is 12.3 Å². The molecule has 0 saturated carbocycles. The molecule has 7 heteroatoms. The molecular formula is C22H19FN6. The summed E-state index contributed by atoms with van der Waals surface area (Å²) in [6.07, 6.45) is 4.55. The first kappa shape index (κ1) is 18.4. The molecule has 0 bridgehead atoms. The maximum atomic E-state index is 15.0. The van der Waals surface area contributed by atoms with Crippen molar-refractivity contribution in [3.63, 3.8) is 0 Å². The molecular weight excluding hydrogens is 367 g/mol. The number of hydrogen-bond donors (Lipinski definition) is 2. The smallest absolute Gasteiger partial charge is 0.313 e. The number of hydrogen-bond acceptors (Lipinski definition) is 4. The Bertz CT molecular complexity index is 1250. The number of aryl methyl sites for hydroxylation is 1. The second kappa shape index (κ2) is 7.24. The van der Waals surface area contributed by atoms with Crippen LogP contribution in [-0.2, 0) is 0 Å². The number of anilines is 3. The average molecular weight is 386 g/mol. The Morgan fingerprint density at radius 1 is 1.21 bits per heavy atom. The topological polar surface area (TPSA) is 73.1 Å². The van der Waals surface area contributed by atoms with Gasteiger partial charge in [0.15, 0.2) is 5.82 Å². The molecule has 144 valence electrons. The summed E-state index contributed by atoms with van der Waals surface area (Å²) in [5, 5.41) is 8.68.